The smallest absolute Gasteiger partial charge is 0.0543 e. The number of aliphatic hydroxyl groups excluding tert-OH is 1. The van der Waals surface area contributed by atoms with Crippen LogP contribution in [0.5, 0.6) is 0 Å². The number of nitrogens with one attached hydrogen (secondary N) is 1. The third-order valence-electron chi connectivity index (χ3n) is 5.67. The first-order valence-corrected chi connectivity index (χ1v) is 11.9. The van der Waals surface area contributed by atoms with Crippen LogP contribution in [0, 0.1) is 0 Å². The van der Waals surface area contributed by atoms with Gasteiger partial charge in [0, 0.05) is 11.4 Å². The molecule has 1 atom stereocenters. The zero-order valence-corrected chi connectivity index (χ0v) is 18.4. The van der Waals surface area contributed by atoms with Crippen molar-refractivity contribution in [2.24, 2.45) is 0 Å². The van der Waals surface area contributed by atoms with E-state index >= 15 is 0 Å². The third-order valence-corrected chi connectivity index (χ3v) is 5.67. The predicted octanol–water partition coefficient (Wildman–Crippen LogP) is 8.03. The number of anilines is 2. The molecular weight excluding hydrogens is 354 g/mol. The van der Waals surface area contributed by atoms with Crippen LogP contribution in [0.15, 0.2) is 54.6 Å². The Morgan fingerprint density at radius 2 is 1.21 bits per heavy atom. The highest BCUT2D eigenvalue weighted by Crippen LogP contribution is 2.18. The van der Waals surface area contributed by atoms with Crippen molar-refractivity contribution in [3.05, 3.63) is 60.2 Å². The van der Waals surface area contributed by atoms with Gasteiger partial charge in [0.25, 0.3) is 0 Å². The molecule has 2 heteroatoms. The number of aryl methyl sites for hydroxylation is 1. The molecule has 0 heterocycles. The lowest BCUT2D eigenvalue weighted by Crippen LogP contribution is -2.07. The molecule has 0 aromatic heterocycles. The van der Waals surface area contributed by atoms with E-state index in [4.69, 9.17) is 0 Å². The van der Waals surface area contributed by atoms with Crippen molar-refractivity contribution in [1.29, 1.82) is 0 Å². The van der Waals surface area contributed by atoms with Crippen LogP contribution in [0.4, 0.5) is 11.4 Å². The maximum atomic E-state index is 10.3. The minimum Gasteiger partial charge on any atom is -0.393 e. The summed E-state index contributed by atoms with van der Waals surface area (Å²) in [5.74, 6) is 0. The summed E-state index contributed by atoms with van der Waals surface area (Å²) < 4.78 is 0. The Labute approximate surface area is 178 Å². The van der Waals surface area contributed by atoms with Crippen LogP contribution < -0.4 is 5.32 Å². The lowest BCUT2D eigenvalue weighted by Gasteiger charge is -2.11. The van der Waals surface area contributed by atoms with Crippen LogP contribution in [0.1, 0.15) is 89.5 Å². The number of para-hydroxylation sites is 1. The van der Waals surface area contributed by atoms with E-state index in [1.807, 2.05) is 18.2 Å². The highest BCUT2D eigenvalue weighted by atomic mass is 16.3. The number of hydrogen-bond acceptors (Lipinski definition) is 2. The fourth-order valence-electron chi connectivity index (χ4n) is 3.79. The fraction of sp³-hybridized carbons (Fsp3) is 0.556. The third kappa shape index (κ3) is 11.1. The molecule has 2 nitrogen and oxygen atoms in total. The Kier molecular flexibility index (Phi) is 12.2. The first-order valence-electron chi connectivity index (χ1n) is 11.9. The van der Waals surface area contributed by atoms with E-state index in [9.17, 15) is 5.11 Å². The highest BCUT2D eigenvalue weighted by molar-refractivity contribution is 5.59. The van der Waals surface area contributed by atoms with Crippen LogP contribution >= 0.6 is 0 Å². The van der Waals surface area contributed by atoms with Crippen molar-refractivity contribution in [3.63, 3.8) is 0 Å². The Balaban J connectivity index is 1.50. The molecule has 0 radical (unpaired) electrons. The van der Waals surface area contributed by atoms with Gasteiger partial charge in [0.05, 0.1) is 6.10 Å². The Morgan fingerprint density at radius 3 is 1.83 bits per heavy atom. The Bertz CT molecular complexity index is 623. The minimum absolute atomic E-state index is 0.161. The molecule has 0 bridgehead atoms. The van der Waals surface area contributed by atoms with Crippen molar-refractivity contribution >= 4 is 11.4 Å². The van der Waals surface area contributed by atoms with E-state index < -0.39 is 0 Å². The van der Waals surface area contributed by atoms with Gasteiger partial charge in [-0.1, -0.05) is 101 Å². The molecule has 0 spiro atoms. The maximum absolute atomic E-state index is 10.3. The van der Waals surface area contributed by atoms with Crippen molar-refractivity contribution < 1.29 is 5.11 Å². The highest BCUT2D eigenvalue weighted by Gasteiger charge is 2.05. The van der Waals surface area contributed by atoms with Crippen LogP contribution in [0.25, 0.3) is 0 Å². The van der Waals surface area contributed by atoms with Gasteiger partial charge in [-0.15, -0.1) is 0 Å². The summed E-state index contributed by atoms with van der Waals surface area (Å²) in [4.78, 5) is 0. The molecular formula is C27H41NO. The van der Waals surface area contributed by atoms with Gasteiger partial charge in [0.15, 0.2) is 0 Å². The number of unbranched alkanes of at least 4 members (excludes halogenated alkanes) is 9. The van der Waals surface area contributed by atoms with Crippen LogP contribution in [0.2, 0.25) is 0 Å². The normalized spacial score (nSPS) is 12.1. The Hall–Kier alpha value is -1.80. The topological polar surface area (TPSA) is 32.3 Å². The van der Waals surface area contributed by atoms with Crippen molar-refractivity contribution in [2.45, 2.75) is 96.5 Å². The van der Waals surface area contributed by atoms with E-state index in [0.29, 0.717) is 0 Å². The van der Waals surface area contributed by atoms with E-state index in [1.54, 1.807) is 0 Å². The van der Waals surface area contributed by atoms with Crippen molar-refractivity contribution in [3.8, 4) is 0 Å². The molecule has 2 N–H and O–H groups in total. The maximum Gasteiger partial charge on any atom is 0.0543 e. The lowest BCUT2D eigenvalue weighted by molar-refractivity contribution is 0.151. The standard InChI is InChI=1S/C27H41NO/c1-2-3-4-5-6-7-8-9-10-14-17-27(29)23-20-24-18-21-26(22-19-24)28-25-15-12-11-13-16-25/h11-13,15-16,18-19,21-22,27-29H,2-10,14,17,20,23H2,1H3. The van der Waals surface area contributed by atoms with Gasteiger partial charge in [-0.05, 0) is 49.1 Å². The minimum atomic E-state index is -0.161. The fourth-order valence-corrected chi connectivity index (χ4v) is 3.79. The average molecular weight is 396 g/mol. The first kappa shape index (κ1) is 23.5. The lowest BCUT2D eigenvalue weighted by atomic mass is 10.0. The van der Waals surface area contributed by atoms with E-state index in [0.717, 1.165) is 37.1 Å². The SMILES string of the molecule is CCCCCCCCCCCCC(O)CCc1ccc(Nc2ccccc2)cc1. The number of benzene rings is 2. The van der Waals surface area contributed by atoms with Crippen molar-refractivity contribution in [1.82, 2.24) is 0 Å². The zero-order chi connectivity index (χ0) is 20.6. The molecule has 0 aliphatic carbocycles. The first-order chi connectivity index (χ1) is 14.3. The molecule has 0 aliphatic rings. The van der Waals surface area contributed by atoms with E-state index in [2.05, 4.69) is 48.6 Å². The molecule has 2 rings (SSSR count). The number of rotatable bonds is 16. The molecule has 0 fully saturated rings. The molecule has 2 aromatic carbocycles. The van der Waals surface area contributed by atoms with Gasteiger partial charge in [-0.25, -0.2) is 0 Å². The quantitative estimate of drug-likeness (QED) is 0.282. The molecule has 0 saturated heterocycles. The van der Waals surface area contributed by atoms with Crippen LogP contribution in [-0.4, -0.2) is 11.2 Å². The second-order valence-corrected chi connectivity index (χ2v) is 8.35. The molecule has 29 heavy (non-hydrogen) atoms. The van der Waals surface area contributed by atoms with Gasteiger partial charge in [0.1, 0.15) is 0 Å². The molecule has 2 aromatic rings. The molecule has 1 unspecified atom stereocenters. The summed E-state index contributed by atoms with van der Waals surface area (Å²) in [6.45, 7) is 2.27. The van der Waals surface area contributed by atoms with Gasteiger partial charge in [-0.3, -0.25) is 0 Å². The monoisotopic (exact) mass is 395 g/mol. The largest absolute Gasteiger partial charge is 0.393 e. The van der Waals surface area contributed by atoms with Crippen LogP contribution in [-0.2, 0) is 6.42 Å². The molecule has 160 valence electrons. The number of hydrogen-bond donors (Lipinski definition) is 2. The summed E-state index contributed by atoms with van der Waals surface area (Å²) in [5.41, 5.74) is 3.50. The summed E-state index contributed by atoms with van der Waals surface area (Å²) in [7, 11) is 0. The van der Waals surface area contributed by atoms with Gasteiger partial charge in [0.2, 0.25) is 0 Å². The van der Waals surface area contributed by atoms with Crippen molar-refractivity contribution in [2.75, 3.05) is 5.32 Å². The van der Waals surface area contributed by atoms with Gasteiger partial charge >= 0.3 is 0 Å². The Morgan fingerprint density at radius 1 is 0.655 bits per heavy atom. The summed E-state index contributed by atoms with van der Waals surface area (Å²) in [5, 5.41) is 13.7. The van der Waals surface area contributed by atoms with E-state index in [-0.39, 0.29) is 6.10 Å². The average Bonchev–Trinajstić information content (AvgIpc) is 2.75. The predicted molar refractivity (Wildman–Crippen MR) is 127 cm³/mol. The molecule has 0 amide bonds. The molecule has 0 aliphatic heterocycles. The number of aliphatic hydroxyl groups is 1. The van der Waals surface area contributed by atoms with Crippen LogP contribution in [0.3, 0.4) is 0 Å². The molecule has 0 saturated carbocycles. The van der Waals surface area contributed by atoms with E-state index in [1.165, 1.54) is 63.4 Å². The van der Waals surface area contributed by atoms with Gasteiger partial charge < -0.3 is 10.4 Å². The summed E-state index contributed by atoms with van der Waals surface area (Å²) in [6.07, 6.45) is 16.1. The second-order valence-electron chi connectivity index (χ2n) is 8.35. The zero-order valence-electron chi connectivity index (χ0n) is 18.4. The van der Waals surface area contributed by atoms with Gasteiger partial charge in [-0.2, -0.15) is 0 Å². The second kappa shape index (κ2) is 15.1. The summed E-state index contributed by atoms with van der Waals surface area (Å²) in [6, 6.07) is 18.8. The summed E-state index contributed by atoms with van der Waals surface area (Å²) >= 11 is 0.